The average Bonchev–Trinajstić information content (AvgIpc) is 3.53. The first-order chi connectivity index (χ1) is 13.3. The highest BCUT2D eigenvalue weighted by Gasteiger charge is 2.30. The van der Waals surface area contributed by atoms with E-state index in [2.05, 4.69) is 4.90 Å². The van der Waals surface area contributed by atoms with Crippen molar-refractivity contribution in [2.45, 2.75) is 42.6 Å². The Balaban J connectivity index is 1.78. The molecule has 2 aromatic rings. The van der Waals surface area contributed by atoms with Crippen LogP contribution in [0.15, 0.2) is 47.4 Å². The Morgan fingerprint density at radius 3 is 2.25 bits per heavy atom. The summed E-state index contributed by atoms with van der Waals surface area (Å²) in [7, 11) is -1.34. The van der Waals surface area contributed by atoms with Crippen molar-refractivity contribution in [2.24, 2.45) is 0 Å². The van der Waals surface area contributed by atoms with Crippen molar-refractivity contribution in [3.8, 4) is 11.5 Å². The van der Waals surface area contributed by atoms with Gasteiger partial charge in [-0.3, -0.25) is 4.90 Å². The summed E-state index contributed by atoms with van der Waals surface area (Å²) in [5, 5.41) is 0. The van der Waals surface area contributed by atoms with Crippen molar-refractivity contribution >= 4 is 9.84 Å². The summed E-state index contributed by atoms with van der Waals surface area (Å²) < 4.78 is 59.3. The lowest BCUT2D eigenvalue weighted by Crippen LogP contribution is -2.25. The normalized spacial score (nSPS) is 14.5. The predicted molar refractivity (Wildman–Crippen MR) is 101 cm³/mol. The molecule has 0 aromatic heterocycles. The number of nitrogens with zero attached hydrogens (tertiary/aromatic N) is 1. The Bertz CT molecular complexity index is 912. The van der Waals surface area contributed by atoms with E-state index in [4.69, 9.17) is 9.47 Å². The molecule has 1 saturated carbocycles. The molecule has 0 spiro atoms. The van der Waals surface area contributed by atoms with Gasteiger partial charge in [0.1, 0.15) is 11.5 Å². The lowest BCUT2D eigenvalue weighted by atomic mass is 10.1. The molecule has 0 radical (unpaired) electrons. The van der Waals surface area contributed by atoms with Gasteiger partial charge in [-0.15, -0.1) is 0 Å². The van der Waals surface area contributed by atoms with Gasteiger partial charge >= 0.3 is 5.76 Å². The summed E-state index contributed by atoms with van der Waals surface area (Å²) in [5.74, 6) is -1.90. The van der Waals surface area contributed by atoms with E-state index < -0.39 is 15.6 Å². The van der Waals surface area contributed by atoms with E-state index in [1.54, 1.807) is 26.4 Å². The zero-order chi connectivity index (χ0) is 20.3. The van der Waals surface area contributed by atoms with E-state index in [0.29, 0.717) is 19.1 Å². The predicted octanol–water partition coefficient (Wildman–Crippen LogP) is 3.86. The van der Waals surface area contributed by atoms with Crippen LogP contribution in [0.4, 0.5) is 8.78 Å². The number of methoxy groups -OCH3 is 2. The van der Waals surface area contributed by atoms with Crippen molar-refractivity contribution in [1.29, 1.82) is 0 Å². The molecular formula is C20H23F2NO4S. The van der Waals surface area contributed by atoms with E-state index in [1.807, 2.05) is 18.2 Å². The second kappa shape index (κ2) is 8.45. The number of halogens is 2. The second-order valence-corrected chi connectivity index (χ2v) is 8.68. The van der Waals surface area contributed by atoms with E-state index in [0.717, 1.165) is 35.5 Å². The monoisotopic (exact) mass is 411 g/mol. The number of hydrogen-bond acceptors (Lipinski definition) is 5. The van der Waals surface area contributed by atoms with Gasteiger partial charge in [0.15, 0.2) is 0 Å². The lowest BCUT2D eigenvalue weighted by molar-refractivity contribution is 0.234. The number of alkyl halides is 2. The van der Waals surface area contributed by atoms with Crippen LogP contribution in [-0.4, -0.2) is 39.3 Å². The summed E-state index contributed by atoms with van der Waals surface area (Å²) in [6.07, 6.45) is 2.17. The SMILES string of the molecule is COc1ccc(OC)c(CN(Cc2ccc(S(=O)(=O)C(F)F)cc2)C2CC2)c1. The third-order valence-electron chi connectivity index (χ3n) is 4.80. The smallest absolute Gasteiger partial charge is 0.341 e. The Morgan fingerprint density at radius 2 is 1.71 bits per heavy atom. The minimum Gasteiger partial charge on any atom is -0.497 e. The van der Waals surface area contributed by atoms with E-state index >= 15 is 0 Å². The maximum absolute atomic E-state index is 12.7. The molecule has 28 heavy (non-hydrogen) atoms. The van der Waals surface area contributed by atoms with Gasteiger partial charge in [0.25, 0.3) is 0 Å². The molecule has 1 aliphatic rings. The fraction of sp³-hybridized carbons (Fsp3) is 0.400. The molecule has 3 rings (SSSR count). The molecule has 0 saturated heterocycles. The quantitative estimate of drug-likeness (QED) is 0.627. The first kappa shape index (κ1) is 20.5. The fourth-order valence-electron chi connectivity index (χ4n) is 3.10. The zero-order valence-corrected chi connectivity index (χ0v) is 16.6. The van der Waals surface area contributed by atoms with Crippen LogP contribution < -0.4 is 9.47 Å². The molecule has 5 nitrogen and oxygen atoms in total. The topological polar surface area (TPSA) is 55.8 Å². The van der Waals surface area contributed by atoms with Crippen LogP contribution in [0.1, 0.15) is 24.0 Å². The summed E-state index contributed by atoms with van der Waals surface area (Å²) in [6.45, 7) is 1.22. The van der Waals surface area contributed by atoms with Crippen molar-refractivity contribution in [1.82, 2.24) is 4.90 Å². The first-order valence-corrected chi connectivity index (χ1v) is 10.5. The van der Waals surface area contributed by atoms with Crippen molar-refractivity contribution in [2.75, 3.05) is 14.2 Å². The summed E-state index contributed by atoms with van der Waals surface area (Å²) >= 11 is 0. The largest absolute Gasteiger partial charge is 0.497 e. The number of hydrogen-bond donors (Lipinski definition) is 0. The molecule has 1 fully saturated rings. The molecule has 0 heterocycles. The first-order valence-electron chi connectivity index (χ1n) is 8.91. The molecule has 152 valence electrons. The van der Waals surface area contributed by atoms with Crippen LogP contribution >= 0.6 is 0 Å². The maximum Gasteiger partial charge on any atom is 0.341 e. The molecule has 1 aliphatic carbocycles. The minimum absolute atomic E-state index is 0.362. The van der Waals surface area contributed by atoms with Crippen LogP contribution in [0.3, 0.4) is 0 Å². The highest BCUT2D eigenvalue weighted by molar-refractivity contribution is 7.91. The lowest BCUT2D eigenvalue weighted by Gasteiger charge is -2.23. The van der Waals surface area contributed by atoms with Crippen LogP contribution in [0.25, 0.3) is 0 Å². The number of ether oxygens (including phenoxy) is 2. The van der Waals surface area contributed by atoms with Crippen LogP contribution in [0.5, 0.6) is 11.5 Å². The summed E-state index contributed by atoms with van der Waals surface area (Å²) in [4.78, 5) is 1.91. The van der Waals surface area contributed by atoms with Crippen LogP contribution in [-0.2, 0) is 22.9 Å². The molecule has 0 atom stereocenters. The summed E-state index contributed by atoms with van der Waals surface area (Å²) in [6, 6.07) is 11.7. The summed E-state index contributed by atoms with van der Waals surface area (Å²) in [5.41, 5.74) is 1.85. The third-order valence-corrected chi connectivity index (χ3v) is 6.19. The van der Waals surface area contributed by atoms with Gasteiger partial charge in [-0.2, -0.15) is 8.78 Å². The highest BCUT2D eigenvalue weighted by atomic mass is 32.2. The average molecular weight is 411 g/mol. The molecule has 0 bridgehead atoms. The van der Waals surface area contributed by atoms with Gasteiger partial charge in [-0.05, 0) is 48.7 Å². The van der Waals surface area contributed by atoms with Crippen molar-refractivity contribution in [3.05, 3.63) is 53.6 Å². The van der Waals surface area contributed by atoms with E-state index in [9.17, 15) is 17.2 Å². The van der Waals surface area contributed by atoms with Crippen molar-refractivity contribution in [3.63, 3.8) is 0 Å². The number of sulfone groups is 1. The minimum atomic E-state index is -4.57. The van der Waals surface area contributed by atoms with Gasteiger partial charge < -0.3 is 9.47 Å². The molecule has 2 aromatic carbocycles. The van der Waals surface area contributed by atoms with Gasteiger partial charge in [-0.1, -0.05) is 12.1 Å². The molecule has 0 aliphatic heterocycles. The Kier molecular flexibility index (Phi) is 6.20. The Labute approximate surface area is 163 Å². The van der Waals surface area contributed by atoms with E-state index in [-0.39, 0.29) is 4.90 Å². The van der Waals surface area contributed by atoms with E-state index in [1.165, 1.54) is 12.1 Å². The van der Waals surface area contributed by atoms with Crippen molar-refractivity contribution < 1.29 is 26.7 Å². The molecule has 0 unspecified atom stereocenters. The zero-order valence-electron chi connectivity index (χ0n) is 15.8. The van der Waals surface area contributed by atoms with Crippen LogP contribution in [0, 0.1) is 0 Å². The van der Waals surface area contributed by atoms with Crippen LogP contribution in [0.2, 0.25) is 0 Å². The number of rotatable bonds is 9. The number of benzene rings is 2. The van der Waals surface area contributed by atoms with Gasteiger partial charge in [0.2, 0.25) is 9.84 Å². The molecular weight excluding hydrogens is 388 g/mol. The standard InChI is InChI=1S/C20H23F2NO4S/c1-26-17-7-10-19(27-2)15(11-17)13-23(16-5-6-16)12-14-3-8-18(9-4-14)28(24,25)20(21)22/h3-4,7-11,16,20H,5-6,12-13H2,1-2H3. The van der Waals surface area contributed by atoms with Gasteiger partial charge in [0.05, 0.1) is 19.1 Å². The molecule has 0 N–H and O–H groups in total. The Morgan fingerprint density at radius 1 is 1.04 bits per heavy atom. The second-order valence-electron chi connectivity index (χ2n) is 6.76. The van der Waals surface area contributed by atoms with Gasteiger partial charge in [-0.25, -0.2) is 8.42 Å². The fourth-order valence-corrected chi connectivity index (χ4v) is 3.82. The molecule has 0 amide bonds. The Hall–Kier alpha value is -2.19. The highest BCUT2D eigenvalue weighted by Crippen LogP contribution is 2.33. The van der Waals surface area contributed by atoms with Gasteiger partial charge in [0, 0.05) is 24.7 Å². The molecule has 8 heteroatoms. The maximum atomic E-state index is 12.7. The third kappa shape index (κ3) is 4.62.